The smallest absolute Gasteiger partial charge is 0.328 e. The van der Waals surface area contributed by atoms with Gasteiger partial charge in [0.2, 0.25) is 0 Å². The molecule has 34 heavy (non-hydrogen) atoms. The standard InChI is InChI=1S/C25H26ClNO6S/c1-32-18-7-5-6-16(12-18)21(28)15-34-22-10-11-27(14-17(22)13-23(29)30)24(25(31)33-2)19-8-3-4-9-20(19)26/h3-9,12-13,22,24H,10-11,14-15H2,1-2H3,(H,29,30)/b17-13-/t22-,24-/m0/s1. The second-order valence-corrected chi connectivity index (χ2v) is 9.32. The maximum atomic E-state index is 12.7. The van der Waals surface area contributed by atoms with Gasteiger partial charge in [-0.3, -0.25) is 9.69 Å². The highest BCUT2D eigenvalue weighted by molar-refractivity contribution is 8.00. The van der Waals surface area contributed by atoms with E-state index in [0.29, 0.717) is 40.4 Å². The first-order valence-corrected chi connectivity index (χ1v) is 12.0. The summed E-state index contributed by atoms with van der Waals surface area (Å²) in [5.41, 5.74) is 1.77. The Hall–Kier alpha value is -2.81. The molecular weight excluding hydrogens is 478 g/mol. The fourth-order valence-corrected chi connectivity index (χ4v) is 5.32. The molecule has 180 valence electrons. The minimum atomic E-state index is -1.08. The van der Waals surface area contributed by atoms with Crippen LogP contribution in [0.3, 0.4) is 0 Å². The Balaban J connectivity index is 1.77. The molecule has 2 aromatic rings. The van der Waals surface area contributed by atoms with E-state index in [4.69, 9.17) is 21.1 Å². The fourth-order valence-electron chi connectivity index (χ4n) is 3.93. The van der Waals surface area contributed by atoms with Crippen molar-refractivity contribution < 1.29 is 29.0 Å². The van der Waals surface area contributed by atoms with Gasteiger partial charge in [0.1, 0.15) is 11.8 Å². The van der Waals surface area contributed by atoms with Gasteiger partial charge in [-0.2, -0.15) is 0 Å². The van der Waals surface area contributed by atoms with Gasteiger partial charge in [0.25, 0.3) is 0 Å². The summed E-state index contributed by atoms with van der Waals surface area (Å²) in [6.07, 6.45) is 1.73. The van der Waals surface area contributed by atoms with Crippen LogP contribution in [0.15, 0.2) is 60.2 Å². The van der Waals surface area contributed by atoms with Gasteiger partial charge < -0.3 is 14.6 Å². The summed E-state index contributed by atoms with van der Waals surface area (Å²) in [6.45, 7) is 0.745. The van der Waals surface area contributed by atoms with E-state index < -0.39 is 18.0 Å². The highest BCUT2D eigenvalue weighted by Crippen LogP contribution is 2.35. The van der Waals surface area contributed by atoms with Crippen molar-refractivity contribution in [1.82, 2.24) is 4.90 Å². The van der Waals surface area contributed by atoms with E-state index in [1.165, 1.54) is 24.9 Å². The summed E-state index contributed by atoms with van der Waals surface area (Å²) in [5.74, 6) is -0.815. The summed E-state index contributed by atoms with van der Waals surface area (Å²) in [4.78, 5) is 38.8. The van der Waals surface area contributed by atoms with Crippen LogP contribution in [0.25, 0.3) is 0 Å². The second-order valence-electron chi connectivity index (χ2n) is 7.72. The number of esters is 1. The van der Waals surface area contributed by atoms with Crippen LogP contribution in [-0.2, 0) is 14.3 Å². The van der Waals surface area contributed by atoms with Crippen molar-refractivity contribution in [2.75, 3.05) is 33.1 Å². The summed E-state index contributed by atoms with van der Waals surface area (Å²) in [7, 11) is 2.85. The van der Waals surface area contributed by atoms with Gasteiger partial charge in [0, 0.05) is 35.0 Å². The number of carboxylic acids is 1. The molecule has 3 rings (SSSR count). The van der Waals surface area contributed by atoms with Crippen molar-refractivity contribution in [3.05, 3.63) is 76.3 Å². The molecule has 0 amide bonds. The van der Waals surface area contributed by atoms with Crippen LogP contribution in [-0.4, -0.2) is 66.0 Å². The molecule has 1 heterocycles. The molecule has 1 fully saturated rings. The van der Waals surface area contributed by atoms with Crippen LogP contribution in [0, 0.1) is 0 Å². The topological polar surface area (TPSA) is 93.1 Å². The first kappa shape index (κ1) is 25.8. The number of methoxy groups -OCH3 is 2. The van der Waals surface area contributed by atoms with E-state index in [1.54, 1.807) is 55.6 Å². The maximum absolute atomic E-state index is 12.7. The fraction of sp³-hybridized carbons (Fsp3) is 0.320. The average Bonchev–Trinajstić information content (AvgIpc) is 2.84. The summed E-state index contributed by atoms with van der Waals surface area (Å²) in [5, 5.41) is 9.70. The van der Waals surface area contributed by atoms with Crippen molar-refractivity contribution in [3.63, 3.8) is 0 Å². The number of piperidine rings is 1. The minimum Gasteiger partial charge on any atom is -0.497 e. The van der Waals surface area contributed by atoms with Gasteiger partial charge in [-0.15, -0.1) is 11.8 Å². The number of carboxylic acid groups (broad SMARTS) is 1. The number of hydrogen-bond donors (Lipinski definition) is 1. The predicted molar refractivity (Wildman–Crippen MR) is 132 cm³/mol. The van der Waals surface area contributed by atoms with E-state index >= 15 is 0 Å². The lowest BCUT2D eigenvalue weighted by Crippen LogP contribution is -2.43. The van der Waals surface area contributed by atoms with Gasteiger partial charge in [-0.1, -0.05) is 41.9 Å². The highest BCUT2D eigenvalue weighted by Gasteiger charge is 2.35. The van der Waals surface area contributed by atoms with Crippen molar-refractivity contribution in [2.45, 2.75) is 17.7 Å². The molecule has 1 aliphatic rings. The van der Waals surface area contributed by atoms with Crippen LogP contribution in [0.5, 0.6) is 5.75 Å². The molecule has 0 aromatic heterocycles. The molecule has 1 saturated heterocycles. The van der Waals surface area contributed by atoms with Crippen LogP contribution in [0.1, 0.15) is 28.4 Å². The highest BCUT2D eigenvalue weighted by atomic mass is 35.5. The van der Waals surface area contributed by atoms with E-state index in [9.17, 15) is 19.5 Å². The summed E-state index contributed by atoms with van der Waals surface area (Å²) in [6, 6.07) is 13.2. The number of halogens is 1. The Labute approximate surface area is 207 Å². The lowest BCUT2D eigenvalue weighted by Gasteiger charge is -2.38. The Kier molecular flexibility index (Phi) is 9.15. The molecule has 0 radical (unpaired) electrons. The number of ether oxygens (including phenoxy) is 2. The molecule has 9 heteroatoms. The normalized spacial score (nSPS) is 18.3. The Morgan fingerprint density at radius 1 is 1.21 bits per heavy atom. The number of rotatable bonds is 9. The van der Waals surface area contributed by atoms with Crippen LogP contribution < -0.4 is 4.74 Å². The third kappa shape index (κ3) is 6.40. The van der Waals surface area contributed by atoms with E-state index in [1.807, 2.05) is 4.90 Å². The van der Waals surface area contributed by atoms with E-state index in [2.05, 4.69) is 0 Å². The Morgan fingerprint density at radius 3 is 2.65 bits per heavy atom. The van der Waals surface area contributed by atoms with Crippen LogP contribution >= 0.6 is 23.4 Å². The summed E-state index contributed by atoms with van der Waals surface area (Å²) >= 11 is 7.76. The molecular formula is C25H26ClNO6S. The maximum Gasteiger partial charge on any atom is 0.328 e. The molecule has 0 unspecified atom stereocenters. The van der Waals surface area contributed by atoms with Gasteiger partial charge in [-0.05, 0) is 35.8 Å². The Bertz CT molecular complexity index is 1090. The molecule has 0 spiro atoms. The number of aliphatic carboxylic acids is 1. The Morgan fingerprint density at radius 2 is 1.97 bits per heavy atom. The van der Waals surface area contributed by atoms with Gasteiger partial charge >= 0.3 is 11.9 Å². The first-order chi connectivity index (χ1) is 16.3. The average molecular weight is 504 g/mol. The molecule has 0 aliphatic carbocycles. The number of carbonyl (C=O) groups is 3. The van der Waals surface area contributed by atoms with Gasteiger partial charge in [-0.25, -0.2) is 9.59 Å². The third-order valence-corrected chi connectivity index (χ3v) is 7.30. The number of carbonyl (C=O) groups excluding carboxylic acids is 2. The quantitative estimate of drug-likeness (QED) is 0.308. The molecule has 1 N–H and O–H groups in total. The van der Waals surface area contributed by atoms with Gasteiger partial charge in [0.15, 0.2) is 5.78 Å². The minimum absolute atomic E-state index is 0.0653. The zero-order valence-electron chi connectivity index (χ0n) is 18.9. The number of hydrogen-bond acceptors (Lipinski definition) is 7. The molecule has 2 atom stereocenters. The number of nitrogens with zero attached hydrogens (tertiary/aromatic N) is 1. The molecule has 2 aromatic carbocycles. The molecule has 0 bridgehead atoms. The second kappa shape index (κ2) is 12.1. The largest absolute Gasteiger partial charge is 0.497 e. The lowest BCUT2D eigenvalue weighted by molar-refractivity contribution is -0.147. The lowest BCUT2D eigenvalue weighted by atomic mass is 9.98. The monoisotopic (exact) mass is 503 g/mol. The van der Waals surface area contributed by atoms with Crippen molar-refractivity contribution >= 4 is 41.1 Å². The SMILES string of the molecule is COC(=O)[C@H](c1ccccc1Cl)N1CC[C@H](SCC(=O)c2cccc(OC)c2)/C(=C\C(=O)O)C1. The van der Waals surface area contributed by atoms with Gasteiger partial charge in [0.05, 0.1) is 20.0 Å². The molecule has 7 nitrogen and oxygen atoms in total. The van der Waals surface area contributed by atoms with Crippen molar-refractivity contribution in [1.29, 1.82) is 0 Å². The number of ketones is 1. The number of benzene rings is 2. The van der Waals surface area contributed by atoms with E-state index in [-0.39, 0.29) is 23.3 Å². The third-order valence-electron chi connectivity index (χ3n) is 5.58. The number of Topliss-reactive ketones (excluding diaryl/α,β-unsaturated/α-hetero) is 1. The zero-order chi connectivity index (χ0) is 24.7. The first-order valence-electron chi connectivity index (χ1n) is 10.6. The number of likely N-dealkylation sites (tertiary alicyclic amines) is 1. The van der Waals surface area contributed by atoms with E-state index in [0.717, 1.165) is 0 Å². The molecule has 0 saturated carbocycles. The van der Waals surface area contributed by atoms with Crippen LogP contribution in [0.4, 0.5) is 0 Å². The molecule has 1 aliphatic heterocycles. The predicted octanol–water partition coefficient (Wildman–Crippen LogP) is 4.26. The van der Waals surface area contributed by atoms with Crippen molar-refractivity contribution in [3.8, 4) is 5.75 Å². The van der Waals surface area contributed by atoms with Crippen molar-refractivity contribution in [2.24, 2.45) is 0 Å². The van der Waals surface area contributed by atoms with Crippen LogP contribution in [0.2, 0.25) is 5.02 Å². The summed E-state index contributed by atoms with van der Waals surface area (Å²) < 4.78 is 10.2. The zero-order valence-corrected chi connectivity index (χ0v) is 20.5. The number of thioether (sulfide) groups is 1.